The molecule has 6 nitrogen and oxygen atoms in total. The van der Waals surface area contributed by atoms with Crippen molar-refractivity contribution < 1.29 is 19.1 Å². The highest BCUT2D eigenvalue weighted by atomic mass is 35.5. The van der Waals surface area contributed by atoms with Gasteiger partial charge in [0, 0.05) is 6.07 Å². The number of nitrogens with one attached hydrogen (secondary N) is 1. The lowest BCUT2D eigenvalue weighted by molar-refractivity contribution is -0.117. The van der Waals surface area contributed by atoms with Crippen molar-refractivity contribution in [2.75, 3.05) is 11.8 Å². The first kappa shape index (κ1) is 14.6. The molecule has 0 aliphatic carbocycles. The Morgan fingerprint density at radius 2 is 1.79 bits per heavy atom. The van der Waals surface area contributed by atoms with E-state index in [1.165, 1.54) is 11.1 Å². The first-order valence-corrected chi connectivity index (χ1v) is 7.52. The van der Waals surface area contributed by atoms with Crippen molar-refractivity contribution in [2.24, 2.45) is 0 Å². The van der Waals surface area contributed by atoms with Crippen LogP contribution in [0.25, 0.3) is 6.08 Å². The predicted molar refractivity (Wildman–Crippen MR) is 87.6 cm³/mol. The number of fused-ring (bicyclic) bond motifs is 1. The molecular formula is C17H11ClN2O4. The average molecular weight is 343 g/mol. The van der Waals surface area contributed by atoms with Gasteiger partial charge in [-0.25, -0.2) is 5.01 Å². The number of hydrogen-bond donors (Lipinski definition) is 1. The number of hydrogen-bond acceptors (Lipinski definition) is 4. The van der Waals surface area contributed by atoms with Gasteiger partial charge in [0.05, 0.1) is 10.7 Å². The molecule has 0 bridgehead atoms. The summed E-state index contributed by atoms with van der Waals surface area (Å²) in [5, 5.41) is 1.57. The zero-order chi connectivity index (χ0) is 16.7. The van der Waals surface area contributed by atoms with E-state index < -0.39 is 11.8 Å². The van der Waals surface area contributed by atoms with Crippen LogP contribution in [0.2, 0.25) is 5.02 Å². The molecule has 7 heteroatoms. The van der Waals surface area contributed by atoms with Crippen LogP contribution in [0.15, 0.2) is 48.0 Å². The van der Waals surface area contributed by atoms with Crippen molar-refractivity contribution in [1.29, 1.82) is 0 Å². The van der Waals surface area contributed by atoms with Crippen molar-refractivity contribution >= 4 is 35.2 Å². The van der Waals surface area contributed by atoms with Gasteiger partial charge >= 0.3 is 0 Å². The molecule has 0 unspecified atom stereocenters. The second-order valence-corrected chi connectivity index (χ2v) is 5.61. The highest BCUT2D eigenvalue weighted by Gasteiger charge is 2.34. The van der Waals surface area contributed by atoms with E-state index in [0.29, 0.717) is 27.8 Å². The highest BCUT2D eigenvalue weighted by Crippen LogP contribution is 2.37. The van der Waals surface area contributed by atoms with Gasteiger partial charge in [-0.1, -0.05) is 29.8 Å². The molecule has 0 atom stereocenters. The fourth-order valence-electron chi connectivity index (χ4n) is 2.52. The van der Waals surface area contributed by atoms with Gasteiger partial charge in [0.25, 0.3) is 11.8 Å². The van der Waals surface area contributed by atoms with E-state index in [9.17, 15) is 9.59 Å². The number of benzene rings is 2. The maximum atomic E-state index is 12.5. The quantitative estimate of drug-likeness (QED) is 0.672. The monoisotopic (exact) mass is 342 g/mol. The topological polar surface area (TPSA) is 67.9 Å². The minimum absolute atomic E-state index is 0.000353. The van der Waals surface area contributed by atoms with Gasteiger partial charge in [-0.2, -0.15) is 0 Å². The second kappa shape index (κ2) is 5.58. The number of rotatable bonds is 2. The first-order chi connectivity index (χ1) is 11.6. The fourth-order valence-corrected chi connectivity index (χ4v) is 2.72. The third kappa shape index (κ3) is 2.37. The van der Waals surface area contributed by atoms with Crippen molar-refractivity contribution in [3.8, 4) is 11.5 Å². The fraction of sp³-hybridized carbons (Fsp3) is 0.0588. The molecule has 2 aromatic rings. The molecule has 2 heterocycles. The zero-order valence-corrected chi connectivity index (χ0v) is 13.0. The molecule has 0 radical (unpaired) electrons. The van der Waals surface area contributed by atoms with Crippen LogP contribution in [-0.2, 0) is 9.59 Å². The van der Waals surface area contributed by atoms with E-state index in [1.54, 1.807) is 36.4 Å². The predicted octanol–water partition coefficient (Wildman–Crippen LogP) is 2.53. The van der Waals surface area contributed by atoms with Crippen molar-refractivity contribution in [3.63, 3.8) is 0 Å². The van der Waals surface area contributed by atoms with E-state index in [-0.39, 0.29) is 12.4 Å². The van der Waals surface area contributed by atoms with E-state index in [1.807, 2.05) is 6.07 Å². The third-order valence-corrected chi connectivity index (χ3v) is 4.02. The summed E-state index contributed by atoms with van der Waals surface area (Å²) in [6.45, 7) is 0.118. The summed E-state index contributed by atoms with van der Waals surface area (Å²) in [5.74, 6) is 0.129. The van der Waals surface area contributed by atoms with Crippen molar-refractivity contribution in [2.45, 2.75) is 0 Å². The lowest BCUT2D eigenvalue weighted by atomic mass is 10.1. The molecule has 1 saturated heterocycles. The molecule has 120 valence electrons. The van der Waals surface area contributed by atoms with Gasteiger partial charge in [0.2, 0.25) is 6.79 Å². The number of halogens is 1. The van der Waals surface area contributed by atoms with Crippen LogP contribution in [0.3, 0.4) is 0 Å². The molecule has 1 fully saturated rings. The summed E-state index contributed by atoms with van der Waals surface area (Å²) in [6.07, 6.45) is 1.45. The SMILES string of the molecule is O=C1NN(c2ccccc2)C(=O)C1=Cc1cc2c(cc1Cl)OCO2. The number of carbonyl (C=O) groups excluding carboxylic acids is 2. The van der Waals surface area contributed by atoms with Gasteiger partial charge in [-0.05, 0) is 29.8 Å². The van der Waals surface area contributed by atoms with Crippen LogP contribution in [0.1, 0.15) is 5.56 Å². The molecule has 0 aromatic heterocycles. The minimum atomic E-state index is -0.488. The summed E-state index contributed by atoms with van der Waals surface area (Å²) in [6, 6.07) is 12.1. The molecule has 24 heavy (non-hydrogen) atoms. The number of amides is 2. The van der Waals surface area contributed by atoms with Gasteiger partial charge in [0.1, 0.15) is 5.57 Å². The van der Waals surface area contributed by atoms with Gasteiger partial charge in [-0.3, -0.25) is 15.0 Å². The number of nitrogens with zero attached hydrogens (tertiary/aromatic N) is 1. The van der Waals surface area contributed by atoms with E-state index in [0.717, 1.165) is 0 Å². The van der Waals surface area contributed by atoms with E-state index in [4.69, 9.17) is 21.1 Å². The summed E-state index contributed by atoms with van der Waals surface area (Å²) in [4.78, 5) is 24.7. The van der Waals surface area contributed by atoms with Gasteiger partial charge < -0.3 is 9.47 Å². The third-order valence-electron chi connectivity index (χ3n) is 3.70. The highest BCUT2D eigenvalue weighted by molar-refractivity contribution is 6.34. The van der Waals surface area contributed by atoms with Gasteiger partial charge in [-0.15, -0.1) is 0 Å². The van der Waals surface area contributed by atoms with Crippen LogP contribution in [-0.4, -0.2) is 18.6 Å². The molecule has 2 amide bonds. The molecule has 0 spiro atoms. The molecular weight excluding hydrogens is 332 g/mol. The van der Waals surface area contributed by atoms with Crippen molar-refractivity contribution in [3.05, 3.63) is 58.6 Å². The summed E-state index contributed by atoms with van der Waals surface area (Å²) in [7, 11) is 0. The molecule has 2 aromatic carbocycles. The first-order valence-electron chi connectivity index (χ1n) is 7.15. The second-order valence-electron chi connectivity index (χ2n) is 5.20. The Morgan fingerprint density at radius 3 is 2.54 bits per heavy atom. The molecule has 1 N–H and O–H groups in total. The molecule has 0 saturated carbocycles. The van der Waals surface area contributed by atoms with E-state index >= 15 is 0 Å². The van der Waals surface area contributed by atoms with Crippen molar-refractivity contribution in [1.82, 2.24) is 5.43 Å². The maximum absolute atomic E-state index is 12.5. The minimum Gasteiger partial charge on any atom is -0.454 e. The zero-order valence-electron chi connectivity index (χ0n) is 12.3. The lowest BCUT2D eigenvalue weighted by Gasteiger charge is -2.13. The number of para-hydroxylation sites is 1. The summed E-state index contributed by atoms with van der Waals surface area (Å²) < 4.78 is 10.5. The largest absolute Gasteiger partial charge is 0.454 e. The normalized spacial score (nSPS) is 17.5. The number of ether oxygens (including phenoxy) is 2. The molecule has 2 aliphatic rings. The maximum Gasteiger partial charge on any atom is 0.282 e. The van der Waals surface area contributed by atoms with Crippen LogP contribution in [0.4, 0.5) is 5.69 Å². The Morgan fingerprint density at radius 1 is 1.08 bits per heavy atom. The average Bonchev–Trinajstić information content (AvgIpc) is 3.14. The summed E-state index contributed by atoms with van der Waals surface area (Å²) >= 11 is 6.20. The van der Waals surface area contributed by atoms with Crippen LogP contribution >= 0.6 is 11.6 Å². The van der Waals surface area contributed by atoms with Crippen LogP contribution < -0.4 is 19.9 Å². The Bertz CT molecular complexity index is 880. The Labute approximate surface area is 142 Å². The summed E-state index contributed by atoms with van der Waals surface area (Å²) in [5.41, 5.74) is 3.63. The lowest BCUT2D eigenvalue weighted by Crippen LogP contribution is -2.35. The van der Waals surface area contributed by atoms with E-state index in [2.05, 4.69) is 5.43 Å². The Balaban J connectivity index is 1.71. The van der Waals surface area contributed by atoms with Crippen LogP contribution in [0.5, 0.6) is 11.5 Å². The number of carbonyl (C=O) groups is 2. The Hall–Kier alpha value is -2.99. The van der Waals surface area contributed by atoms with Gasteiger partial charge in [0.15, 0.2) is 11.5 Å². The molecule has 4 rings (SSSR count). The Kier molecular flexibility index (Phi) is 3.39. The number of hydrazine groups is 1. The number of anilines is 1. The standard InChI is InChI=1S/C17H11ClN2O4/c18-13-8-15-14(23-9-24-15)7-10(13)6-12-16(21)19-20(17(12)22)11-4-2-1-3-5-11/h1-8H,9H2,(H,19,21). The smallest absolute Gasteiger partial charge is 0.282 e. The molecule has 2 aliphatic heterocycles. The van der Waals surface area contributed by atoms with Crippen LogP contribution in [0, 0.1) is 0 Å².